The number of piperidine rings is 1. The molecule has 2 aromatic rings. The minimum Gasteiger partial charge on any atom is -0.385 e. The number of anilines is 1. The molecule has 0 spiro atoms. The number of aliphatic hydroxyl groups is 1. The molecule has 3 amide bonds. The molecule has 7 heteroatoms. The maximum absolute atomic E-state index is 13.2. The van der Waals surface area contributed by atoms with Crippen LogP contribution in [0.15, 0.2) is 30.3 Å². The zero-order valence-electron chi connectivity index (χ0n) is 17.0. The number of hydrogen-bond acceptors (Lipinski definition) is 5. The smallest absolute Gasteiger partial charge is 0.259 e. The Morgan fingerprint density at radius 1 is 1.03 bits per heavy atom. The highest BCUT2D eigenvalue weighted by Gasteiger charge is 2.41. The van der Waals surface area contributed by atoms with Crippen molar-refractivity contribution in [2.45, 2.75) is 56.6 Å². The summed E-state index contributed by atoms with van der Waals surface area (Å²) in [5.41, 5.74) is 2.47. The first-order valence-electron chi connectivity index (χ1n) is 10.9. The Kier molecular flexibility index (Phi) is 4.85. The van der Waals surface area contributed by atoms with E-state index in [1.165, 1.54) is 0 Å². The van der Waals surface area contributed by atoms with E-state index in [-0.39, 0.29) is 24.2 Å². The second-order valence-corrected chi connectivity index (χ2v) is 8.78. The predicted octanol–water partition coefficient (Wildman–Crippen LogP) is 2.44. The van der Waals surface area contributed by atoms with Crippen LogP contribution in [-0.2, 0) is 14.4 Å². The van der Waals surface area contributed by atoms with E-state index in [0.717, 1.165) is 47.7 Å². The van der Waals surface area contributed by atoms with Crippen LogP contribution in [0.3, 0.4) is 0 Å². The molecule has 2 fully saturated rings. The Morgan fingerprint density at radius 3 is 2.52 bits per heavy atom. The predicted molar refractivity (Wildman–Crippen MR) is 114 cm³/mol. The second kappa shape index (κ2) is 7.57. The first kappa shape index (κ1) is 19.9. The van der Waals surface area contributed by atoms with Crippen molar-refractivity contribution in [1.82, 2.24) is 5.32 Å². The van der Waals surface area contributed by atoms with Crippen LogP contribution in [0.5, 0.6) is 0 Å². The molecule has 0 bridgehead atoms. The Balaban J connectivity index is 1.50. The highest BCUT2D eigenvalue weighted by molar-refractivity contribution is 6.27. The monoisotopic (exact) mass is 420 g/mol. The largest absolute Gasteiger partial charge is 0.385 e. The number of hydrogen-bond donors (Lipinski definition) is 2. The van der Waals surface area contributed by atoms with Gasteiger partial charge in [0.05, 0.1) is 5.69 Å². The maximum Gasteiger partial charge on any atom is 0.259 e. The van der Waals surface area contributed by atoms with E-state index < -0.39 is 18.1 Å². The van der Waals surface area contributed by atoms with Gasteiger partial charge >= 0.3 is 0 Å². The van der Waals surface area contributed by atoms with Gasteiger partial charge in [-0.3, -0.25) is 24.6 Å². The molecular formula is C24H24N2O5. The standard InChI is InChI=1S/C24H24N2O5/c27-12-20(28)14-6-4-13(5-7-14)15-8-9-18-22-16(15)2-1-3-17(22)24(31)26(18)19-10-11-21(29)25-23(19)30/h1-3,8-9,12-14,19-20,28H,4-7,10-11H2,(H,25,29,30). The minimum absolute atomic E-state index is 0.00938. The third kappa shape index (κ3) is 3.15. The molecule has 2 aromatic carbocycles. The molecule has 2 unspecified atom stereocenters. The quantitative estimate of drug-likeness (QED) is 0.584. The number of imide groups is 1. The summed E-state index contributed by atoms with van der Waals surface area (Å²) in [6.45, 7) is 0. The van der Waals surface area contributed by atoms with Crippen molar-refractivity contribution in [3.05, 3.63) is 41.5 Å². The van der Waals surface area contributed by atoms with Crippen LogP contribution in [0.25, 0.3) is 10.8 Å². The number of nitrogens with one attached hydrogen (secondary N) is 1. The Labute approximate surface area is 179 Å². The normalized spacial score (nSPS) is 26.8. The molecule has 160 valence electrons. The van der Waals surface area contributed by atoms with Crippen LogP contribution >= 0.6 is 0 Å². The molecule has 1 saturated heterocycles. The summed E-state index contributed by atoms with van der Waals surface area (Å²) in [5.74, 6) is -0.637. The number of benzene rings is 2. The molecule has 1 aliphatic carbocycles. The summed E-state index contributed by atoms with van der Waals surface area (Å²) in [4.78, 5) is 49.7. The lowest BCUT2D eigenvalue weighted by Crippen LogP contribution is -2.53. The van der Waals surface area contributed by atoms with Gasteiger partial charge in [0, 0.05) is 17.4 Å². The van der Waals surface area contributed by atoms with E-state index in [2.05, 4.69) is 5.32 Å². The highest BCUT2D eigenvalue weighted by Crippen LogP contribution is 2.45. The van der Waals surface area contributed by atoms with Gasteiger partial charge in [-0.15, -0.1) is 0 Å². The third-order valence-electron chi connectivity index (χ3n) is 7.12. The molecule has 31 heavy (non-hydrogen) atoms. The van der Waals surface area contributed by atoms with E-state index >= 15 is 0 Å². The summed E-state index contributed by atoms with van der Waals surface area (Å²) < 4.78 is 0. The van der Waals surface area contributed by atoms with E-state index in [0.29, 0.717) is 24.2 Å². The number of aliphatic hydroxyl groups excluding tert-OH is 1. The lowest BCUT2D eigenvalue weighted by Gasteiger charge is -2.31. The van der Waals surface area contributed by atoms with Crippen molar-refractivity contribution >= 4 is 40.5 Å². The fourth-order valence-electron chi connectivity index (χ4n) is 5.51. The molecular weight excluding hydrogens is 396 g/mol. The van der Waals surface area contributed by atoms with E-state index in [1.54, 1.807) is 11.0 Å². The molecule has 0 aromatic heterocycles. The van der Waals surface area contributed by atoms with Crippen molar-refractivity contribution in [2.24, 2.45) is 5.92 Å². The van der Waals surface area contributed by atoms with Crippen LogP contribution in [-0.4, -0.2) is 41.3 Å². The Bertz CT molecular complexity index is 1100. The van der Waals surface area contributed by atoms with Gasteiger partial charge in [0.1, 0.15) is 18.4 Å². The average molecular weight is 420 g/mol. The first-order chi connectivity index (χ1) is 15.0. The third-order valence-corrected chi connectivity index (χ3v) is 7.12. The number of rotatable bonds is 4. The summed E-state index contributed by atoms with van der Waals surface area (Å²) in [7, 11) is 0. The fraction of sp³-hybridized carbons (Fsp3) is 0.417. The van der Waals surface area contributed by atoms with Crippen molar-refractivity contribution in [2.75, 3.05) is 4.90 Å². The van der Waals surface area contributed by atoms with Gasteiger partial charge in [-0.05, 0) is 67.0 Å². The number of carbonyl (C=O) groups excluding carboxylic acids is 4. The SMILES string of the molecule is O=CC(O)C1CCC(c2ccc3c4c(cccc24)C(=O)N3C2CCC(=O)NC2=O)CC1. The molecule has 0 radical (unpaired) electrons. The molecule has 1 saturated carbocycles. The van der Waals surface area contributed by atoms with Crippen molar-refractivity contribution in [3.63, 3.8) is 0 Å². The zero-order valence-corrected chi connectivity index (χ0v) is 17.0. The summed E-state index contributed by atoms with van der Waals surface area (Å²) in [6, 6.07) is 8.96. The zero-order chi connectivity index (χ0) is 21.7. The average Bonchev–Trinajstić information content (AvgIpc) is 3.07. The van der Waals surface area contributed by atoms with E-state index in [4.69, 9.17) is 0 Å². The summed E-state index contributed by atoms with van der Waals surface area (Å²) in [5, 5.41) is 14.1. The molecule has 2 atom stereocenters. The van der Waals surface area contributed by atoms with E-state index in [1.807, 2.05) is 24.3 Å². The molecule has 2 N–H and O–H groups in total. The fourth-order valence-corrected chi connectivity index (χ4v) is 5.51. The van der Waals surface area contributed by atoms with Crippen molar-refractivity contribution in [3.8, 4) is 0 Å². The summed E-state index contributed by atoms with van der Waals surface area (Å²) in [6.07, 6.45) is 3.58. The second-order valence-electron chi connectivity index (χ2n) is 8.78. The lowest BCUT2D eigenvalue weighted by molar-refractivity contribution is -0.134. The molecule has 3 aliphatic rings. The van der Waals surface area contributed by atoms with Gasteiger partial charge in [0.15, 0.2) is 0 Å². The van der Waals surface area contributed by atoms with Crippen LogP contribution in [0.4, 0.5) is 5.69 Å². The van der Waals surface area contributed by atoms with Gasteiger partial charge in [0.25, 0.3) is 5.91 Å². The van der Waals surface area contributed by atoms with Gasteiger partial charge in [-0.2, -0.15) is 0 Å². The molecule has 2 heterocycles. The molecule has 7 nitrogen and oxygen atoms in total. The number of carbonyl (C=O) groups is 4. The van der Waals surface area contributed by atoms with Crippen LogP contribution in [0, 0.1) is 5.92 Å². The maximum atomic E-state index is 13.2. The minimum atomic E-state index is -0.895. The van der Waals surface area contributed by atoms with Gasteiger partial charge in [-0.25, -0.2) is 0 Å². The number of amides is 3. The number of aldehydes is 1. The van der Waals surface area contributed by atoms with Crippen molar-refractivity contribution < 1.29 is 24.3 Å². The van der Waals surface area contributed by atoms with Crippen LogP contribution in [0.1, 0.15) is 60.4 Å². The van der Waals surface area contributed by atoms with Crippen LogP contribution < -0.4 is 10.2 Å². The first-order valence-corrected chi connectivity index (χ1v) is 10.9. The van der Waals surface area contributed by atoms with Gasteiger partial charge in [0.2, 0.25) is 11.8 Å². The van der Waals surface area contributed by atoms with E-state index in [9.17, 15) is 24.3 Å². The van der Waals surface area contributed by atoms with Gasteiger partial charge in [-0.1, -0.05) is 18.2 Å². The van der Waals surface area contributed by atoms with Gasteiger partial charge < -0.3 is 9.90 Å². The van der Waals surface area contributed by atoms with Crippen LogP contribution in [0.2, 0.25) is 0 Å². The summed E-state index contributed by atoms with van der Waals surface area (Å²) >= 11 is 0. The topological polar surface area (TPSA) is 104 Å². The Hall–Kier alpha value is -3.06. The Morgan fingerprint density at radius 2 is 1.81 bits per heavy atom. The molecule has 5 rings (SSSR count). The number of nitrogens with zero attached hydrogens (tertiary/aromatic N) is 1. The molecule has 2 aliphatic heterocycles. The highest BCUT2D eigenvalue weighted by atomic mass is 16.3. The lowest BCUT2D eigenvalue weighted by atomic mass is 9.75. The van der Waals surface area contributed by atoms with Crippen molar-refractivity contribution in [1.29, 1.82) is 0 Å².